The second-order valence-corrected chi connectivity index (χ2v) is 9.29. The number of unbranched alkanes of at least 4 members (excludes halogenated alkanes) is 1. The molecule has 3 rings (SSSR count). The number of amidine groups is 1. The summed E-state index contributed by atoms with van der Waals surface area (Å²) in [5.41, 5.74) is 6.13. The van der Waals surface area contributed by atoms with Gasteiger partial charge in [-0.1, -0.05) is 73.5 Å². The largest absolute Gasteiger partial charge is 0.434 e. The number of aliphatic hydroxyl groups excluding tert-OH is 1. The van der Waals surface area contributed by atoms with Crippen molar-refractivity contribution in [1.29, 1.82) is 0 Å². The molecular formula is C27H35ClN6O5. The number of carbonyl (C=O) groups is 1. The Bertz CT molecular complexity index is 1260. The number of hydrazine groups is 1. The highest BCUT2D eigenvalue weighted by molar-refractivity contribution is 6.32. The molecule has 210 valence electrons. The van der Waals surface area contributed by atoms with Gasteiger partial charge in [0.2, 0.25) is 0 Å². The van der Waals surface area contributed by atoms with E-state index >= 15 is 0 Å². The molecule has 6 N–H and O–H groups in total. The number of nitrogens with one attached hydrogen (secondary N) is 1. The standard InChI is InChI=1S/C27H35ClN6O5/c1-4-5-10-22-31-24(28)23(26(35)37-16-38-27(36)39-17(2)3)34(22)15-18-11-13-19(14-12-18)20-8-6-7-9-21(20)25(32-29)33-30/h6-9,11-14,17,27,36H,4-5,10,15-16,29-30H2,1-3H3,(H,32,33). The molecule has 39 heavy (non-hydrogen) atoms. The van der Waals surface area contributed by atoms with Gasteiger partial charge in [0.25, 0.3) is 6.48 Å². The molecule has 0 bridgehead atoms. The molecule has 0 amide bonds. The predicted octanol–water partition coefficient (Wildman–Crippen LogP) is 3.51. The van der Waals surface area contributed by atoms with Crippen LogP contribution in [0.5, 0.6) is 0 Å². The van der Waals surface area contributed by atoms with E-state index in [0.717, 1.165) is 35.1 Å². The lowest BCUT2D eigenvalue weighted by atomic mass is 9.98. The summed E-state index contributed by atoms with van der Waals surface area (Å²) >= 11 is 6.40. The number of benzene rings is 2. The minimum Gasteiger partial charge on any atom is -0.434 e. The maximum Gasteiger partial charge on any atom is 0.360 e. The zero-order chi connectivity index (χ0) is 28.4. The number of carbonyl (C=O) groups excluding carboxylic acids is 1. The molecule has 1 atom stereocenters. The van der Waals surface area contributed by atoms with E-state index in [0.29, 0.717) is 24.6 Å². The Balaban J connectivity index is 1.84. The van der Waals surface area contributed by atoms with E-state index in [9.17, 15) is 9.90 Å². The third-order valence-electron chi connectivity index (χ3n) is 5.79. The number of nitrogens with zero attached hydrogens (tertiary/aromatic N) is 3. The number of hydrazone groups is 1. The molecule has 1 unspecified atom stereocenters. The van der Waals surface area contributed by atoms with Gasteiger partial charge in [-0.3, -0.25) is 4.74 Å². The smallest absolute Gasteiger partial charge is 0.360 e. The number of aryl methyl sites for hydroxylation is 1. The summed E-state index contributed by atoms with van der Waals surface area (Å²) in [5.74, 6) is 11.4. The first-order valence-electron chi connectivity index (χ1n) is 12.6. The maximum atomic E-state index is 13.0. The molecule has 12 heteroatoms. The first-order valence-corrected chi connectivity index (χ1v) is 13.0. The van der Waals surface area contributed by atoms with Gasteiger partial charge in [0.05, 0.1) is 6.10 Å². The lowest BCUT2D eigenvalue weighted by molar-refractivity contribution is -0.296. The number of ether oxygens (including phenoxy) is 3. The molecule has 11 nitrogen and oxygen atoms in total. The summed E-state index contributed by atoms with van der Waals surface area (Å²) in [7, 11) is 0. The molecule has 1 heterocycles. The van der Waals surface area contributed by atoms with Crippen LogP contribution in [0.4, 0.5) is 0 Å². The summed E-state index contributed by atoms with van der Waals surface area (Å²) < 4.78 is 17.0. The summed E-state index contributed by atoms with van der Waals surface area (Å²) in [6.45, 7) is 3.86. The van der Waals surface area contributed by atoms with Crippen molar-refractivity contribution in [2.24, 2.45) is 16.8 Å². The molecule has 3 aromatic rings. The van der Waals surface area contributed by atoms with Gasteiger partial charge in [-0.25, -0.2) is 15.6 Å². The molecule has 0 radical (unpaired) electrons. The Labute approximate surface area is 232 Å². The molecule has 0 fully saturated rings. The van der Waals surface area contributed by atoms with Crippen LogP contribution >= 0.6 is 11.6 Å². The van der Waals surface area contributed by atoms with Crippen LogP contribution < -0.4 is 17.1 Å². The fraction of sp³-hybridized carbons (Fsp3) is 0.370. The number of aromatic nitrogens is 2. The van der Waals surface area contributed by atoms with E-state index in [1.807, 2.05) is 48.5 Å². The SMILES string of the molecule is CCCCc1nc(Cl)c(C(=O)OCOC(O)OC(C)C)n1Cc1ccc(-c2ccccc2C(=NN)NN)cc1. The normalized spacial score (nSPS) is 12.5. The lowest BCUT2D eigenvalue weighted by Gasteiger charge is -2.16. The van der Waals surface area contributed by atoms with Gasteiger partial charge in [0, 0.05) is 18.5 Å². The molecule has 2 aromatic carbocycles. The van der Waals surface area contributed by atoms with Crippen LogP contribution in [0.2, 0.25) is 5.15 Å². The van der Waals surface area contributed by atoms with Crippen molar-refractivity contribution >= 4 is 23.4 Å². The van der Waals surface area contributed by atoms with Crippen molar-refractivity contribution in [2.45, 2.75) is 59.2 Å². The molecule has 0 aliphatic carbocycles. The quantitative estimate of drug-likeness (QED) is 0.0614. The Hall–Kier alpha value is -3.48. The van der Waals surface area contributed by atoms with E-state index in [2.05, 4.69) is 22.4 Å². The lowest BCUT2D eigenvalue weighted by Crippen LogP contribution is -2.32. The zero-order valence-electron chi connectivity index (χ0n) is 22.3. The highest BCUT2D eigenvalue weighted by Crippen LogP contribution is 2.26. The van der Waals surface area contributed by atoms with Crippen molar-refractivity contribution in [3.63, 3.8) is 0 Å². The Morgan fingerprint density at radius 1 is 1.21 bits per heavy atom. The fourth-order valence-electron chi connectivity index (χ4n) is 3.94. The molecule has 1 aromatic heterocycles. The van der Waals surface area contributed by atoms with Crippen LogP contribution in [0, 0.1) is 0 Å². The molecule has 0 spiro atoms. The first-order chi connectivity index (χ1) is 18.8. The van der Waals surface area contributed by atoms with Gasteiger partial charge in [0.1, 0.15) is 5.82 Å². The Morgan fingerprint density at radius 3 is 2.56 bits per heavy atom. The summed E-state index contributed by atoms with van der Waals surface area (Å²) in [4.78, 5) is 17.4. The van der Waals surface area contributed by atoms with Crippen LogP contribution in [0.15, 0.2) is 53.6 Å². The highest BCUT2D eigenvalue weighted by atomic mass is 35.5. The number of halogens is 1. The monoisotopic (exact) mass is 558 g/mol. The average Bonchev–Trinajstić information content (AvgIpc) is 3.22. The molecule has 0 aliphatic heterocycles. The zero-order valence-corrected chi connectivity index (χ0v) is 23.0. The topological polar surface area (TPSA) is 159 Å². The van der Waals surface area contributed by atoms with E-state index in [1.165, 1.54) is 0 Å². The van der Waals surface area contributed by atoms with Crippen LogP contribution in [-0.2, 0) is 27.2 Å². The number of aliphatic hydroxyl groups is 1. The number of hydrogen-bond donors (Lipinski definition) is 4. The number of esters is 1. The van der Waals surface area contributed by atoms with E-state index in [1.54, 1.807) is 18.4 Å². The third-order valence-corrected chi connectivity index (χ3v) is 6.06. The van der Waals surface area contributed by atoms with Gasteiger partial charge in [0.15, 0.2) is 23.5 Å². The van der Waals surface area contributed by atoms with E-state index < -0.39 is 19.2 Å². The van der Waals surface area contributed by atoms with Crippen molar-refractivity contribution < 1.29 is 24.1 Å². The maximum absolute atomic E-state index is 13.0. The van der Waals surface area contributed by atoms with Crippen LogP contribution in [0.25, 0.3) is 11.1 Å². The van der Waals surface area contributed by atoms with Crippen molar-refractivity contribution in [3.05, 3.63) is 76.3 Å². The number of hydrogen-bond acceptors (Lipinski definition) is 9. The van der Waals surface area contributed by atoms with Crippen molar-refractivity contribution in [1.82, 2.24) is 15.0 Å². The Morgan fingerprint density at radius 2 is 1.92 bits per heavy atom. The highest BCUT2D eigenvalue weighted by Gasteiger charge is 2.24. The van der Waals surface area contributed by atoms with Crippen LogP contribution in [-0.4, -0.2) is 45.8 Å². The fourth-order valence-corrected chi connectivity index (χ4v) is 4.22. The van der Waals surface area contributed by atoms with E-state index in [-0.39, 0.29) is 17.0 Å². The van der Waals surface area contributed by atoms with Crippen LogP contribution in [0.1, 0.15) is 61.1 Å². The minimum absolute atomic E-state index is 0.0403. The number of nitrogens with two attached hydrogens (primary N) is 2. The Kier molecular flexibility index (Phi) is 11.3. The van der Waals surface area contributed by atoms with Gasteiger partial charge in [-0.15, -0.1) is 0 Å². The van der Waals surface area contributed by atoms with Gasteiger partial charge in [-0.05, 0) is 37.0 Å². The summed E-state index contributed by atoms with van der Waals surface area (Å²) in [6.07, 6.45) is 2.20. The molecular weight excluding hydrogens is 524 g/mol. The first kappa shape index (κ1) is 30.1. The van der Waals surface area contributed by atoms with E-state index in [4.69, 9.17) is 37.5 Å². The van der Waals surface area contributed by atoms with Crippen molar-refractivity contribution in [3.8, 4) is 11.1 Å². The number of imidazole rings is 1. The molecule has 0 aliphatic rings. The second kappa shape index (κ2) is 14.6. The van der Waals surface area contributed by atoms with Gasteiger partial charge >= 0.3 is 5.97 Å². The van der Waals surface area contributed by atoms with Crippen LogP contribution in [0.3, 0.4) is 0 Å². The van der Waals surface area contributed by atoms with Gasteiger partial charge < -0.3 is 30.4 Å². The minimum atomic E-state index is -1.52. The molecule has 0 saturated heterocycles. The van der Waals surface area contributed by atoms with Gasteiger partial charge in [-0.2, -0.15) is 5.10 Å². The number of rotatable bonds is 13. The average molecular weight is 559 g/mol. The summed E-state index contributed by atoms with van der Waals surface area (Å²) in [5, 5.41) is 13.5. The second-order valence-electron chi connectivity index (χ2n) is 8.93. The third kappa shape index (κ3) is 8.01. The predicted molar refractivity (Wildman–Crippen MR) is 148 cm³/mol. The molecule has 0 saturated carbocycles. The summed E-state index contributed by atoms with van der Waals surface area (Å²) in [6, 6.07) is 15.5. The van der Waals surface area contributed by atoms with Crippen molar-refractivity contribution in [2.75, 3.05) is 6.79 Å².